The Morgan fingerprint density at radius 1 is 1.38 bits per heavy atom. The molecule has 2 nitrogen and oxygen atoms in total. The summed E-state index contributed by atoms with van der Waals surface area (Å²) < 4.78 is 0. The third kappa shape index (κ3) is 3.05. The highest BCUT2D eigenvalue weighted by molar-refractivity contribution is 5.97. The van der Waals surface area contributed by atoms with Crippen LogP contribution in [0.4, 0.5) is 0 Å². The summed E-state index contributed by atoms with van der Waals surface area (Å²) in [6.07, 6.45) is 5.19. The van der Waals surface area contributed by atoms with Crippen molar-refractivity contribution >= 4 is 5.78 Å². The first-order valence-electron chi connectivity index (χ1n) is 5.80. The topological polar surface area (TPSA) is 37.3 Å². The van der Waals surface area contributed by atoms with E-state index in [0.717, 1.165) is 17.6 Å². The van der Waals surface area contributed by atoms with Crippen molar-refractivity contribution in [3.63, 3.8) is 0 Å². The summed E-state index contributed by atoms with van der Waals surface area (Å²) in [5.41, 5.74) is 1.10. The SMILES string of the molecule is CC1=C(/C=C/C(C)(C)O)C(C)(C)CCC1=O. The van der Waals surface area contributed by atoms with E-state index < -0.39 is 5.60 Å². The van der Waals surface area contributed by atoms with Crippen LogP contribution in [0.15, 0.2) is 23.3 Å². The number of aliphatic hydroxyl groups is 1. The van der Waals surface area contributed by atoms with Gasteiger partial charge in [-0.3, -0.25) is 4.79 Å². The molecule has 16 heavy (non-hydrogen) atoms. The Morgan fingerprint density at radius 3 is 2.44 bits per heavy atom. The van der Waals surface area contributed by atoms with Gasteiger partial charge in [0.1, 0.15) is 0 Å². The van der Waals surface area contributed by atoms with Crippen molar-refractivity contribution in [2.45, 2.75) is 53.1 Å². The molecular weight excluding hydrogens is 200 g/mol. The van der Waals surface area contributed by atoms with Crippen LogP contribution in [0, 0.1) is 5.41 Å². The van der Waals surface area contributed by atoms with Gasteiger partial charge in [0, 0.05) is 6.42 Å². The molecule has 0 saturated carbocycles. The molecule has 0 aromatic carbocycles. The molecule has 0 radical (unpaired) electrons. The monoisotopic (exact) mass is 222 g/mol. The summed E-state index contributed by atoms with van der Waals surface area (Å²) in [7, 11) is 0. The van der Waals surface area contributed by atoms with E-state index in [0.29, 0.717) is 6.42 Å². The minimum Gasteiger partial charge on any atom is -0.386 e. The first-order valence-corrected chi connectivity index (χ1v) is 5.80. The second-order valence-electron chi connectivity index (χ2n) is 5.83. The molecule has 0 aromatic heterocycles. The van der Waals surface area contributed by atoms with Gasteiger partial charge in [0.25, 0.3) is 0 Å². The summed E-state index contributed by atoms with van der Waals surface area (Å²) in [5, 5.41) is 9.68. The predicted molar refractivity (Wildman–Crippen MR) is 66.2 cm³/mol. The third-order valence-electron chi connectivity index (χ3n) is 3.19. The highest BCUT2D eigenvalue weighted by Crippen LogP contribution is 2.39. The number of carbonyl (C=O) groups excluding carboxylic acids is 1. The first kappa shape index (κ1) is 13.2. The van der Waals surface area contributed by atoms with E-state index in [1.54, 1.807) is 19.9 Å². The molecule has 1 aliphatic rings. The van der Waals surface area contributed by atoms with Crippen LogP contribution in [0.25, 0.3) is 0 Å². The molecule has 2 heteroatoms. The zero-order valence-corrected chi connectivity index (χ0v) is 10.9. The Bertz CT molecular complexity index is 351. The molecule has 0 heterocycles. The van der Waals surface area contributed by atoms with Crippen molar-refractivity contribution < 1.29 is 9.90 Å². The Morgan fingerprint density at radius 2 is 1.94 bits per heavy atom. The highest BCUT2D eigenvalue weighted by Gasteiger charge is 2.30. The van der Waals surface area contributed by atoms with Crippen LogP contribution >= 0.6 is 0 Å². The molecule has 0 bridgehead atoms. The predicted octanol–water partition coefficient (Wildman–Crippen LogP) is 3.02. The Balaban J connectivity index is 3.11. The molecule has 0 amide bonds. The van der Waals surface area contributed by atoms with Gasteiger partial charge in [-0.25, -0.2) is 0 Å². The molecule has 0 fully saturated rings. The van der Waals surface area contributed by atoms with Crippen LogP contribution in [0.3, 0.4) is 0 Å². The van der Waals surface area contributed by atoms with Gasteiger partial charge in [-0.05, 0) is 43.8 Å². The number of ketones is 1. The van der Waals surface area contributed by atoms with Crippen molar-refractivity contribution in [1.82, 2.24) is 0 Å². The van der Waals surface area contributed by atoms with Crippen molar-refractivity contribution in [2.75, 3.05) is 0 Å². The van der Waals surface area contributed by atoms with Gasteiger partial charge in [0.05, 0.1) is 5.60 Å². The maximum absolute atomic E-state index is 11.7. The van der Waals surface area contributed by atoms with Crippen LogP contribution in [0.5, 0.6) is 0 Å². The average Bonchev–Trinajstić information content (AvgIpc) is 2.10. The average molecular weight is 222 g/mol. The zero-order chi connectivity index (χ0) is 12.6. The van der Waals surface area contributed by atoms with E-state index >= 15 is 0 Å². The minimum absolute atomic E-state index is 0.0275. The van der Waals surface area contributed by atoms with Crippen LogP contribution in [0.2, 0.25) is 0 Å². The molecule has 1 N–H and O–H groups in total. The lowest BCUT2D eigenvalue weighted by molar-refractivity contribution is -0.116. The van der Waals surface area contributed by atoms with Gasteiger partial charge in [0.15, 0.2) is 5.78 Å². The van der Waals surface area contributed by atoms with Crippen LogP contribution in [-0.4, -0.2) is 16.5 Å². The van der Waals surface area contributed by atoms with Gasteiger partial charge < -0.3 is 5.11 Å². The third-order valence-corrected chi connectivity index (χ3v) is 3.19. The lowest BCUT2D eigenvalue weighted by Crippen LogP contribution is -2.25. The first-order chi connectivity index (χ1) is 7.13. The Labute approximate surface area is 98.1 Å². The van der Waals surface area contributed by atoms with Gasteiger partial charge in [-0.1, -0.05) is 26.0 Å². The van der Waals surface area contributed by atoms with E-state index in [-0.39, 0.29) is 11.2 Å². The standard InChI is InChI=1S/C14H22O2/c1-10-11(6-9-14(4,5)16)13(2,3)8-7-12(10)15/h6,9,16H,7-8H2,1-5H3/b9-6+. The lowest BCUT2D eigenvalue weighted by atomic mass is 9.72. The maximum atomic E-state index is 11.7. The molecule has 0 aromatic rings. The minimum atomic E-state index is -0.830. The summed E-state index contributed by atoms with van der Waals surface area (Å²) in [5.74, 6) is 0.231. The molecule has 90 valence electrons. The molecule has 0 atom stereocenters. The zero-order valence-electron chi connectivity index (χ0n) is 10.9. The second-order valence-corrected chi connectivity index (χ2v) is 5.83. The quantitative estimate of drug-likeness (QED) is 0.779. The van der Waals surface area contributed by atoms with Gasteiger partial charge in [-0.15, -0.1) is 0 Å². The van der Waals surface area contributed by atoms with Crippen molar-refractivity contribution in [1.29, 1.82) is 0 Å². The van der Waals surface area contributed by atoms with Crippen LogP contribution < -0.4 is 0 Å². The summed E-state index contributed by atoms with van der Waals surface area (Å²) >= 11 is 0. The number of Topliss-reactive ketones (excluding diaryl/α,β-unsaturated/α-hetero) is 1. The fourth-order valence-corrected chi connectivity index (χ4v) is 2.04. The van der Waals surface area contributed by atoms with Gasteiger partial charge >= 0.3 is 0 Å². The van der Waals surface area contributed by atoms with E-state index in [1.165, 1.54) is 0 Å². The van der Waals surface area contributed by atoms with Crippen molar-refractivity contribution in [3.05, 3.63) is 23.3 Å². The molecule has 1 rings (SSSR count). The number of allylic oxidation sites excluding steroid dienone is 3. The largest absolute Gasteiger partial charge is 0.386 e. The maximum Gasteiger partial charge on any atom is 0.158 e. The number of hydrogen-bond acceptors (Lipinski definition) is 2. The van der Waals surface area contributed by atoms with Crippen molar-refractivity contribution in [3.8, 4) is 0 Å². The lowest BCUT2D eigenvalue weighted by Gasteiger charge is -2.32. The van der Waals surface area contributed by atoms with Gasteiger partial charge in [0.2, 0.25) is 0 Å². The molecule has 0 spiro atoms. The second kappa shape index (κ2) is 4.17. The molecule has 1 aliphatic carbocycles. The summed E-state index contributed by atoms with van der Waals surface area (Å²) in [6, 6.07) is 0. The fourth-order valence-electron chi connectivity index (χ4n) is 2.04. The van der Waals surface area contributed by atoms with Crippen LogP contribution in [-0.2, 0) is 4.79 Å². The normalized spacial score (nSPS) is 22.0. The van der Waals surface area contributed by atoms with E-state index in [2.05, 4.69) is 13.8 Å². The van der Waals surface area contributed by atoms with Gasteiger partial charge in [-0.2, -0.15) is 0 Å². The Hall–Kier alpha value is -0.890. The number of hydrogen-bond donors (Lipinski definition) is 1. The molecular formula is C14H22O2. The summed E-state index contributed by atoms with van der Waals surface area (Å²) in [6.45, 7) is 9.64. The van der Waals surface area contributed by atoms with E-state index in [4.69, 9.17) is 0 Å². The highest BCUT2D eigenvalue weighted by atomic mass is 16.3. The van der Waals surface area contributed by atoms with E-state index in [9.17, 15) is 9.90 Å². The number of rotatable bonds is 2. The Kier molecular flexibility index (Phi) is 3.44. The fraction of sp³-hybridized carbons (Fsp3) is 0.643. The van der Waals surface area contributed by atoms with Crippen molar-refractivity contribution in [2.24, 2.45) is 5.41 Å². The molecule has 0 unspecified atom stereocenters. The summed E-state index contributed by atoms with van der Waals surface area (Å²) in [4.78, 5) is 11.7. The smallest absolute Gasteiger partial charge is 0.158 e. The van der Waals surface area contributed by atoms with Crippen LogP contribution in [0.1, 0.15) is 47.5 Å². The van der Waals surface area contributed by atoms with E-state index in [1.807, 2.05) is 13.0 Å². The number of carbonyl (C=O) groups is 1. The molecule has 0 aliphatic heterocycles. The molecule has 0 saturated heterocycles.